The van der Waals surface area contributed by atoms with Crippen molar-refractivity contribution in [2.75, 3.05) is 16.2 Å². The van der Waals surface area contributed by atoms with Gasteiger partial charge in [-0.05, 0) is 50.2 Å². The van der Waals surface area contributed by atoms with Gasteiger partial charge in [0.25, 0.3) is 10.0 Å². The molecule has 3 rings (SSSR count). The minimum atomic E-state index is -4.02. The molecular weight excluding hydrogens is 395 g/mol. The normalized spacial score (nSPS) is 11.4. The Balaban J connectivity index is 1.96. The summed E-state index contributed by atoms with van der Waals surface area (Å²) in [4.78, 5) is 12.7. The summed E-state index contributed by atoms with van der Waals surface area (Å²) in [5.41, 5.74) is 0.367. The van der Waals surface area contributed by atoms with Crippen LogP contribution in [0.4, 0.5) is 15.9 Å². The molecule has 1 aromatic heterocycles. The predicted molar refractivity (Wildman–Crippen MR) is 109 cm³/mol. The average molecular weight is 416 g/mol. The van der Waals surface area contributed by atoms with E-state index in [0.29, 0.717) is 5.69 Å². The van der Waals surface area contributed by atoms with E-state index in [2.05, 4.69) is 10.4 Å². The fourth-order valence-electron chi connectivity index (χ4n) is 2.78. The van der Waals surface area contributed by atoms with Crippen molar-refractivity contribution < 1.29 is 17.6 Å². The number of hydrogen-bond acceptors (Lipinski definition) is 4. The third kappa shape index (κ3) is 4.62. The standard InChI is InChI=1S/C20H21FN4O3S/c1-15(2)25-20(12-13-22-25)24(29(27,28)18-6-4-3-5-7-18)14-19(26)23-17-10-8-16(21)9-11-17/h3-13,15H,14H2,1-2H3,(H,23,26). The highest BCUT2D eigenvalue weighted by molar-refractivity contribution is 7.92. The Kier molecular flexibility index (Phi) is 5.97. The van der Waals surface area contributed by atoms with E-state index in [0.717, 1.165) is 4.31 Å². The zero-order valence-corrected chi connectivity index (χ0v) is 16.8. The Bertz CT molecular complexity index is 1080. The van der Waals surface area contributed by atoms with Gasteiger partial charge in [0.05, 0.1) is 11.1 Å². The van der Waals surface area contributed by atoms with Gasteiger partial charge in [-0.15, -0.1) is 0 Å². The fraction of sp³-hybridized carbons (Fsp3) is 0.200. The van der Waals surface area contributed by atoms with Crippen LogP contribution in [0.25, 0.3) is 0 Å². The van der Waals surface area contributed by atoms with Crippen LogP contribution >= 0.6 is 0 Å². The van der Waals surface area contributed by atoms with E-state index in [-0.39, 0.29) is 16.8 Å². The molecule has 1 N–H and O–H groups in total. The Morgan fingerprint density at radius 2 is 1.76 bits per heavy atom. The van der Waals surface area contributed by atoms with E-state index < -0.39 is 28.3 Å². The van der Waals surface area contributed by atoms with Crippen molar-refractivity contribution in [3.8, 4) is 0 Å². The molecule has 152 valence electrons. The van der Waals surface area contributed by atoms with Gasteiger partial charge < -0.3 is 5.32 Å². The first-order valence-electron chi connectivity index (χ1n) is 8.96. The van der Waals surface area contributed by atoms with Crippen molar-refractivity contribution in [1.29, 1.82) is 0 Å². The maximum atomic E-state index is 13.3. The number of nitrogens with one attached hydrogen (secondary N) is 1. The van der Waals surface area contributed by atoms with Crippen LogP contribution in [-0.2, 0) is 14.8 Å². The number of amides is 1. The molecular formula is C20H21FN4O3S. The predicted octanol–water partition coefficient (Wildman–Crippen LogP) is 3.44. The molecule has 0 saturated carbocycles. The van der Waals surface area contributed by atoms with Crippen LogP contribution in [-0.4, -0.2) is 30.7 Å². The number of rotatable bonds is 7. The van der Waals surface area contributed by atoms with Crippen LogP contribution in [0.3, 0.4) is 0 Å². The molecule has 0 atom stereocenters. The molecule has 0 unspecified atom stereocenters. The van der Waals surface area contributed by atoms with E-state index in [1.54, 1.807) is 24.3 Å². The smallest absolute Gasteiger partial charge is 0.265 e. The number of carbonyl (C=O) groups is 1. The Hall–Kier alpha value is -3.20. The second-order valence-electron chi connectivity index (χ2n) is 6.61. The van der Waals surface area contributed by atoms with E-state index in [1.807, 2.05) is 13.8 Å². The van der Waals surface area contributed by atoms with Gasteiger partial charge in [-0.3, -0.25) is 4.79 Å². The first kappa shape index (κ1) is 20.5. The number of carbonyl (C=O) groups excluding carboxylic acids is 1. The SMILES string of the molecule is CC(C)n1nccc1N(CC(=O)Nc1ccc(F)cc1)S(=O)(=O)c1ccccc1. The molecule has 0 aliphatic rings. The van der Waals surface area contributed by atoms with E-state index >= 15 is 0 Å². The molecule has 0 saturated heterocycles. The van der Waals surface area contributed by atoms with Gasteiger partial charge in [0.1, 0.15) is 18.2 Å². The van der Waals surface area contributed by atoms with Gasteiger partial charge in [-0.25, -0.2) is 21.8 Å². The first-order valence-corrected chi connectivity index (χ1v) is 10.4. The summed E-state index contributed by atoms with van der Waals surface area (Å²) in [6.07, 6.45) is 1.49. The van der Waals surface area contributed by atoms with Crippen LogP contribution in [0.5, 0.6) is 0 Å². The van der Waals surface area contributed by atoms with Crippen molar-refractivity contribution in [2.24, 2.45) is 0 Å². The highest BCUT2D eigenvalue weighted by Crippen LogP contribution is 2.25. The Labute approximate surface area is 168 Å². The van der Waals surface area contributed by atoms with Crippen LogP contribution in [0.15, 0.2) is 71.8 Å². The van der Waals surface area contributed by atoms with Crippen molar-refractivity contribution in [1.82, 2.24) is 9.78 Å². The largest absolute Gasteiger partial charge is 0.325 e. The molecule has 1 amide bonds. The zero-order chi connectivity index (χ0) is 21.0. The molecule has 7 nitrogen and oxygen atoms in total. The minimum absolute atomic E-state index is 0.0612. The Morgan fingerprint density at radius 3 is 2.38 bits per heavy atom. The van der Waals surface area contributed by atoms with Gasteiger partial charge in [0, 0.05) is 17.8 Å². The summed E-state index contributed by atoms with van der Waals surface area (Å²) in [7, 11) is -4.02. The lowest BCUT2D eigenvalue weighted by Gasteiger charge is -2.25. The van der Waals surface area contributed by atoms with Crippen LogP contribution in [0.2, 0.25) is 0 Å². The molecule has 0 aliphatic heterocycles. The lowest BCUT2D eigenvalue weighted by atomic mass is 10.3. The molecule has 2 aromatic carbocycles. The quantitative estimate of drug-likeness (QED) is 0.640. The molecule has 3 aromatic rings. The average Bonchev–Trinajstić information content (AvgIpc) is 3.18. The fourth-order valence-corrected chi connectivity index (χ4v) is 4.21. The minimum Gasteiger partial charge on any atom is -0.325 e. The highest BCUT2D eigenvalue weighted by Gasteiger charge is 2.30. The lowest BCUT2D eigenvalue weighted by Crippen LogP contribution is -2.39. The number of hydrogen-bond donors (Lipinski definition) is 1. The van der Waals surface area contributed by atoms with E-state index in [4.69, 9.17) is 0 Å². The topological polar surface area (TPSA) is 84.3 Å². The maximum absolute atomic E-state index is 13.3. The highest BCUT2D eigenvalue weighted by atomic mass is 32.2. The van der Waals surface area contributed by atoms with Gasteiger partial charge in [-0.1, -0.05) is 18.2 Å². The van der Waals surface area contributed by atoms with Crippen LogP contribution < -0.4 is 9.62 Å². The van der Waals surface area contributed by atoms with Gasteiger partial charge in [-0.2, -0.15) is 5.10 Å². The molecule has 0 radical (unpaired) electrons. The van der Waals surface area contributed by atoms with E-state index in [9.17, 15) is 17.6 Å². The summed E-state index contributed by atoms with van der Waals surface area (Å²) in [6.45, 7) is 3.26. The van der Waals surface area contributed by atoms with Crippen molar-refractivity contribution in [2.45, 2.75) is 24.8 Å². The zero-order valence-electron chi connectivity index (χ0n) is 16.0. The van der Waals surface area contributed by atoms with Gasteiger partial charge >= 0.3 is 0 Å². The Morgan fingerprint density at radius 1 is 1.10 bits per heavy atom. The molecule has 0 aliphatic carbocycles. The molecule has 1 heterocycles. The van der Waals surface area contributed by atoms with Crippen molar-refractivity contribution >= 4 is 27.4 Å². The number of anilines is 2. The van der Waals surface area contributed by atoms with Crippen molar-refractivity contribution in [3.63, 3.8) is 0 Å². The maximum Gasteiger partial charge on any atom is 0.265 e. The summed E-state index contributed by atoms with van der Waals surface area (Å²) in [5.74, 6) is -0.720. The monoisotopic (exact) mass is 416 g/mol. The van der Waals surface area contributed by atoms with Crippen LogP contribution in [0, 0.1) is 5.82 Å². The molecule has 0 fully saturated rings. The molecule has 29 heavy (non-hydrogen) atoms. The van der Waals surface area contributed by atoms with Crippen LogP contribution in [0.1, 0.15) is 19.9 Å². The molecule has 0 bridgehead atoms. The van der Waals surface area contributed by atoms with Gasteiger partial charge in [0.2, 0.25) is 5.91 Å². The summed E-state index contributed by atoms with van der Waals surface area (Å²) in [5, 5.41) is 6.77. The summed E-state index contributed by atoms with van der Waals surface area (Å²) >= 11 is 0. The van der Waals surface area contributed by atoms with Gasteiger partial charge in [0.15, 0.2) is 0 Å². The third-order valence-electron chi connectivity index (χ3n) is 4.14. The molecule has 9 heteroatoms. The second kappa shape index (κ2) is 8.44. The lowest BCUT2D eigenvalue weighted by molar-refractivity contribution is -0.114. The van der Waals surface area contributed by atoms with E-state index in [1.165, 1.54) is 47.3 Å². The van der Waals surface area contributed by atoms with Crippen molar-refractivity contribution in [3.05, 3.63) is 72.7 Å². The number of benzene rings is 2. The summed E-state index contributed by atoms with van der Waals surface area (Å²) < 4.78 is 42.2. The third-order valence-corrected chi connectivity index (χ3v) is 5.90. The number of sulfonamides is 1. The second-order valence-corrected chi connectivity index (χ2v) is 8.47. The first-order chi connectivity index (χ1) is 13.8. The number of nitrogens with zero attached hydrogens (tertiary/aromatic N) is 3. The summed E-state index contributed by atoms with van der Waals surface area (Å²) in [6, 6.07) is 14.5. The number of halogens is 1. The number of aromatic nitrogens is 2. The molecule has 0 spiro atoms.